The Labute approximate surface area is 189 Å². The number of hydrogen-bond donors (Lipinski definition) is 1. The zero-order valence-electron chi connectivity index (χ0n) is 18.8. The van der Waals surface area contributed by atoms with Gasteiger partial charge in [-0.15, -0.1) is 0 Å². The maximum atomic E-state index is 12.8. The minimum atomic E-state index is -0.389. The summed E-state index contributed by atoms with van der Waals surface area (Å²) < 4.78 is 0. The maximum absolute atomic E-state index is 12.8. The molecule has 0 bridgehead atoms. The zero-order valence-corrected chi connectivity index (χ0v) is 18.8. The average Bonchev–Trinajstić information content (AvgIpc) is 3.34. The van der Waals surface area contributed by atoms with Crippen LogP contribution in [0.3, 0.4) is 0 Å². The Morgan fingerprint density at radius 3 is 2.50 bits per heavy atom. The van der Waals surface area contributed by atoms with Gasteiger partial charge in [-0.1, -0.05) is 30.7 Å². The summed E-state index contributed by atoms with van der Waals surface area (Å²) >= 11 is 0. The molecule has 2 aliphatic rings. The second kappa shape index (κ2) is 10.1. The molecule has 4 rings (SSSR count). The Bertz CT molecular complexity index is 971. The monoisotopic (exact) mass is 436 g/mol. The predicted molar refractivity (Wildman–Crippen MR) is 126 cm³/mol. The minimum absolute atomic E-state index is 0.000892. The van der Waals surface area contributed by atoms with Crippen LogP contribution in [0.2, 0.25) is 0 Å². The van der Waals surface area contributed by atoms with E-state index in [-0.39, 0.29) is 16.5 Å². The number of likely N-dealkylation sites (tertiary alicyclic amines) is 1. The van der Waals surface area contributed by atoms with Crippen molar-refractivity contribution in [2.45, 2.75) is 58.2 Å². The summed E-state index contributed by atoms with van der Waals surface area (Å²) in [6.07, 6.45) is 5.82. The summed E-state index contributed by atoms with van der Waals surface area (Å²) in [5.41, 5.74) is 3.23. The van der Waals surface area contributed by atoms with Crippen LogP contribution in [0.25, 0.3) is 0 Å². The van der Waals surface area contributed by atoms with Gasteiger partial charge in [0.25, 0.3) is 11.6 Å². The van der Waals surface area contributed by atoms with Gasteiger partial charge in [0.05, 0.1) is 4.92 Å². The highest BCUT2D eigenvalue weighted by Crippen LogP contribution is 2.31. The molecular formula is C25H32N4O3. The number of hydrogen-bond acceptors (Lipinski definition) is 5. The molecule has 0 radical (unpaired) electrons. The molecule has 7 nitrogen and oxygen atoms in total. The fourth-order valence-electron chi connectivity index (χ4n) is 4.81. The summed E-state index contributed by atoms with van der Waals surface area (Å²) in [5.74, 6) is -0.290. The normalized spacial score (nSPS) is 19.2. The van der Waals surface area contributed by atoms with Gasteiger partial charge in [-0.2, -0.15) is 0 Å². The van der Waals surface area contributed by atoms with Crippen molar-refractivity contribution < 1.29 is 9.72 Å². The third-order valence-corrected chi connectivity index (χ3v) is 6.75. The van der Waals surface area contributed by atoms with E-state index < -0.39 is 0 Å². The second-order valence-corrected chi connectivity index (χ2v) is 8.92. The van der Waals surface area contributed by atoms with Crippen LogP contribution in [0.4, 0.5) is 11.4 Å². The number of nitro benzene ring substituents is 1. The van der Waals surface area contributed by atoms with Gasteiger partial charge in [-0.3, -0.25) is 19.8 Å². The van der Waals surface area contributed by atoms with Crippen LogP contribution in [-0.2, 0) is 13.1 Å². The quantitative estimate of drug-likeness (QED) is 0.511. The molecule has 32 heavy (non-hydrogen) atoms. The van der Waals surface area contributed by atoms with Crippen LogP contribution in [0.5, 0.6) is 0 Å². The molecular weight excluding hydrogens is 404 g/mol. The van der Waals surface area contributed by atoms with Gasteiger partial charge in [0, 0.05) is 43.9 Å². The molecule has 2 aromatic rings. The topological polar surface area (TPSA) is 78.7 Å². The van der Waals surface area contributed by atoms with E-state index in [0.29, 0.717) is 23.8 Å². The Morgan fingerprint density at radius 1 is 1.06 bits per heavy atom. The maximum Gasteiger partial charge on any atom is 0.293 e. The first-order valence-corrected chi connectivity index (χ1v) is 11.7. The number of rotatable bonds is 7. The van der Waals surface area contributed by atoms with Crippen molar-refractivity contribution in [2.75, 3.05) is 24.5 Å². The van der Waals surface area contributed by atoms with Crippen LogP contribution in [0.15, 0.2) is 42.5 Å². The van der Waals surface area contributed by atoms with Crippen LogP contribution in [0.1, 0.15) is 60.5 Å². The van der Waals surface area contributed by atoms with Crippen molar-refractivity contribution in [3.05, 3.63) is 69.3 Å². The Kier molecular flexibility index (Phi) is 7.05. The summed E-state index contributed by atoms with van der Waals surface area (Å²) in [7, 11) is 0. The number of anilines is 1. The second-order valence-electron chi connectivity index (χ2n) is 8.92. The first-order valence-electron chi connectivity index (χ1n) is 11.7. The van der Waals surface area contributed by atoms with Crippen molar-refractivity contribution in [3.8, 4) is 0 Å². The highest BCUT2D eigenvalue weighted by atomic mass is 16.6. The number of nitro groups is 1. The van der Waals surface area contributed by atoms with Crippen LogP contribution < -0.4 is 10.2 Å². The molecule has 0 saturated carbocycles. The first-order chi connectivity index (χ1) is 15.5. The van der Waals surface area contributed by atoms with E-state index >= 15 is 0 Å². The first kappa shape index (κ1) is 22.3. The average molecular weight is 437 g/mol. The van der Waals surface area contributed by atoms with E-state index in [1.54, 1.807) is 12.1 Å². The van der Waals surface area contributed by atoms with Gasteiger partial charge in [0.15, 0.2) is 0 Å². The standard InChI is InChI=1S/C25H32N4O3/c1-19-8-4-5-15-28(19)18-22-10-3-2-9-21(22)17-26-25(30)20-11-12-23(24(16-20)29(31)32)27-13-6-7-14-27/h2-3,9-12,16,19H,4-8,13-15,17-18H2,1H3,(H,26,30). The summed E-state index contributed by atoms with van der Waals surface area (Å²) in [4.78, 5) is 28.6. The SMILES string of the molecule is CC1CCCCN1Cc1ccccc1CNC(=O)c1ccc(N2CCCC2)c([N+](=O)[O-])c1. The van der Waals surface area contributed by atoms with Gasteiger partial charge in [0.1, 0.15) is 5.69 Å². The molecule has 2 aliphatic heterocycles. The summed E-state index contributed by atoms with van der Waals surface area (Å²) in [5, 5.41) is 14.6. The van der Waals surface area contributed by atoms with E-state index in [4.69, 9.17) is 0 Å². The summed E-state index contributed by atoms with van der Waals surface area (Å²) in [6.45, 7) is 6.30. The summed E-state index contributed by atoms with van der Waals surface area (Å²) in [6, 6.07) is 13.6. The lowest BCUT2D eigenvalue weighted by Gasteiger charge is -2.33. The Hall–Kier alpha value is -2.93. The number of amides is 1. The van der Waals surface area contributed by atoms with Gasteiger partial charge < -0.3 is 10.2 Å². The zero-order chi connectivity index (χ0) is 22.5. The Balaban J connectivity index is 1.45. The van der Waals surface area contributed by atoms with Gasteiger partial charge in [0.2, 0.25) is 0 Å². The molecule has 0 aliphatic carbocycles. The van der Waals surface area contributed by atoms with E-state index in [0.717, 1.165) is 44.6 Å². The molecule has 2 aromatic carbocycles. The molecule has 7 heteroatoms. The lowest BCUT2D eigenvalue weighted by Crippen LogP contribution is -2.37. The molecule has 170 valence electrons. The molecule has 2 heterocycles. The van der Waals surface area contributed by atoms with E-state index in [9.17, 15) is 14.9 Å². The number of nitrogens with zero attached hydrogens (tertiary/aromatic N) is 3. The van der Waals surface area contributed by atoms with Crippen LogP contribution in [0, 0.1) is 10.1 Å². The lowest BCUT2D eigenvalue weighted by atomic mass is 10.0. The van der Waals surface area contributed by atoms with Crippen molar-refractivity contribution >= 4 is 17.3 Å². The van der Waals surface area contributed by atoms with Gasteiger partial charge >= 0.3 is 0 Å². The van der Waals surface area contributed by atoms with Crippen molar-refractivity contribution in [2.24, 2.45) is 0 Å². The van der Waals surface area contributed by atoms with Crippen molar-refractivity contribution in [1.29, 1.82) is 0 Å². The van der Waals surface area contributed by atoms with E-state index in [1.165, 1.54) is 30.9 Å². The van der Waals surface area contributed by atoms with Gasteiger partial charge in [-0.25, -0.2) is 0 Å². The van der Waals surface area contributed by atoms with E-state index in [2.05, 4.69) is 23.2 Å². The molecule has 0 spiro atoms. The molecule has 1 unspecified atom stereocenters. The predicted octanol–water partition coefficient (Wildman–Crippen LogP) is 4.50. The number of carbonyl (C=O) groups is 1. The number of nitrogens with one attached hydrogen (secondary N) is 1. The van der Waals surface area contributed by atoms with Crippen LogP contribution >= 0.6 is 0 Å². The largest absolute Gasteiger partial charge is 0.366 e. The Morgan fingerprint density at radius 2 is 1.78 bits per heavy atom. The van der Waals surface area contributed by atoms with Crippen LogP contribution in [-0.4, -0.2) is 41.4 Å². The van der Waals surface area contributed by atoms with Gasteiger partial charge in [-0.05, 0) is 62.4 Å². The molecule has 2 saturated heterocycles. The molecule has 2 fully saturated rings. The minimum Gasteiger partial charge on any atom is -0.366 e. The third kappa shape index (κ3) is 5.10. The molecule has 0 aromatic heterocycles. The number of piperidine rings is 1. The number of benzene rings is 2. The fourth-order valence-corrected chi connectivity index (χ4v) is 4.81. The molecule has 1 amide bonds. The van der Waals surface area contributed by atoms with Crippen molar-refractivity contribution in [1.82, 2.24) is 10.2 Å². The molecule has 1 atom stereocenters. The fraction of sp³-hybridized carbons (Fsp3) is 0.480. The van der Waals surface area contributed by atoms with Crippen molar-refractivity contribution in [3.63, 3.8) is 0 Å². The highest BCUT2D eigenvalue weighted by Gasteiger charge is 2.24. The highest BCUT2D eigenvalue weighted by molar-refractivity contribution is 5.95. The number of carbonyl (C=O) groups excluding carboxylic acids is 1. The molecule has 1 N–H and O–H groups in total. The third-order valence-electron chi connectivity index (χ3n) is 6.75. The van der Waals surface area contributed by atoms with E-state index in [1.807, 2.05) is 23.1 Å². The smallest absolute Gasteiger partial charge is 0.293 e. The lowest BCUT2D eigenvalue weighted by molar-refractivity contribution is -0.384.